The predicted molar refractivity (Wildman–Crippen MR) is 65.2 cm³/mol. The van der Waals surface area contributed by atoms with Crippen molar-refractivity contribution in [2.75, 3.05) is 14.2 Å². The van der Waals surface area contributed by atoms with Gasteiger partial charge in [-0.25, -0.2) is 0 Å². The minimum Gasteiger partial charge on any atom is -0.453 e. The lowest BCUT2D eigenvalue weighted by molar-refractivity contribution is -0.121. The Balaban J connectivity index is 2.53. The number of halogens is 1. The average molecular weight is 292 g/mol. The van der Waals surface area contributed by atoms with Crippen LogP contribution in [0.2, 0.25) is 0 Å². The van der Waals surface area contributed by atoms with Gasteiger partial charge in [0.2, 0.25) is 0 Å². The van der Waals surface area contributed by atoms with Gasteiger partial charge in [0, 0.05) is 14.2 Å². The van der Waals surface area contributed by atoms with E-state index < -0.39 is 0 Å². The molecule has 1 aromatic heterocycles. The highest BCUT2D eigenvalue weighted by molar-refractivity contribution is 9.10. The van der Waals surface area contributed by atoms with Crippen LogP contribution in [0.3, 0.4) is 0 Å². The molecule has 4 nitrogen and oxygen atoms in total. The molecule has 1 aromatic rings. The number of methoxy groups -OCH3 is 2. The topological polar surface area (TPSA) is 43.6 Å². The molecular weight excluding hydrogens is 274 g/mol. The van der Waals surface area contributed by atoms with Crippen LogP contribution in [0.4, 0.5) is 0 Å². The second kappa shape index (κ2) is 6.39. The van der Waals surface area contributed by atoms with Crippen molar-refractivity contribution < 1.29 is 13.9 Å². The Morgan fingerprint density at radius 1 is 1.25 bits per heavy atom. The summed E-state index contributed by atoms with van der Waals surface area (Å²) in [6, 6.07) is 3.99. The van der Waals surface area contributed by atoms with Crippen molar-refractivity contribution in [1.82, 2.24) is 5.32 Å². The molecule has 0 saturated carbocycles. The largest absolute Gasteiger partial charge is 0.453 e. The summed E-state index contributed by atoms with van der Waals surface area (Å²) in [5, 5.41) is 3.35. The Labute approximate surface area is 104 Å². The number of nitrogens with one attached hydrogen (secondary N) is 1. The smallest absolute Gasteiger partial charge is 0.171 e. The molecule has 0 spiro atoms. The first-order chi connectivity index (χ1) is 7.58. The van der Waals surface area contributed by atoms with Crippen molar-refractivity contribution in [3.63, 3.8) is 0 Å². The summed E-state index contributed by atoms with van der Waals surface area (Å²) in [6.45, 7) is 4.04. The lowest BCUT2D eigenvalue weighted by Crippen LogP contribution is -2.40. The van der Waals surface area contributed by atoms with Crippen molar-refractivity contribution >= 4 is 15.9 Å². The fraction of sp³-hybridized carbons (Fsp3) is 0.636. The highest BCUT2D eigenvalue weighted by Crippen LogP contribution is 2.20. The molecule has 1 heterocycles. The molecule has 0 amide bonds. The normalized spacial score (nSPS) is 15.4. The third kappa shape index (κ3) is 3.59. The van der Waals surface area contributed by atoms with Crippen LogP contribution in [0.15, 0.2) is 21.2 Å². The Morgan fingerprint density at radius 2 is 1.88 bits per heavy atom. The van der Waals surface area contributed by atoms with Crippen LogP contribution in [-0.2, 0) is 9.47 Å². The molecule has 0 fully saturated rings. The van der Waals surface area contributed by atoms with Crippen molar-refractivity contribution in [2.24, 2.45) is 0 Å². The highest BCUT2D eigenvalue weighted by Gasteiger charge is 2.19. The van der Waals surface area contributed by atoms with E-state index in [0.29, 0.717) is 0 Å². The fourth-order valence-electron chi connectivity index (χ4n) is 1.62. The second-order valence-corrected chi connectivity index (χ2v) is 4.44. The van der Waals surface area contributed by atoms with Gasteiger partial charge in [0.15, 0.2) is 11.0 Å². The predicted octanol–water partition coefficient (Wildman–Crippen LogP) is 2.70. The summed E-state index contributed by atoms with van der Waals surface area (Å²) in [5.41, 5.74) is 0. The molecule has 2 atom stereocenters. The minimum atomic E-state index is -0.263. The third-order valence-corrected chi connectivity index (χ3v) is 2.83. The lowest BCUT2D eigenvalue weighted by atomic mass is 10.2. The first-order valence-corrected chi connectivity index (χ1v) is 5.94. The summed E-state index contributed by atoms with van der Waals surface area (Å²) in [4.78, 5) is 0. The van der Waals surface area contributed by atoms with Crippen LogP contribution in [0.5, 0.6) is 0 Å². The van der Waals surface area contributed by atoms with Crippen LogP contribution < -0.4 is 5.32 Å². The maximum absolute atomic E-state index is 5.47. The van der Waals surface area contributed by atoms with Crippen LogP contribution in [0.25, 0.3) is 0 Å². The van der Waals surface area contributed by atoms with E-state index in [9.17, 15) is 0 Å². The minimum absolute atomic E-state index is 0.0777. The SMILES string of the molecule is COC(OC)C(C)NC(C)c1ccc(Br)o1. The monoisotopic (exact) mass is 291 g/mol. The molecule has 0 aliphatic rings. The molecule has 0 aliphatic carbocycles. The molecule has 2 unspecified atom stereocenters. The van der Waals surface area contributed by atoms with E-state index >= 15 is 0 Å². The number of hydrogen-bond donors (Lipinski definition) is 1. The van der Waals surface area contributed by atoms with E-state index in [1.807, 2.05) is 26.0 Å². The van der Waals surface area contributed by atoms with Gasteiger partial charge in [-0.1, -0.05) is 0 Å². The molecule has 0 saturated heterocycles. The fourth-order valence-corrected chi connectivity index (χ4v) is 1.94. The Hall–Kier alpha value is -0.360. The molecule has 16 heavy (non-hydrogen) atoms. The molecule has 1 rings (SSSR count). The Morgan fingerprint density at radius 3 is 2.31 bits per heavy atom. The van der Waals surface area contributed by atoms with E-state index in [1.165, 1.54) is 0 Å². The van der Waals surface area contributed by atoms with E-state index in [-0.39, 0.29) is 18.4 Å². The van der Waals surface area contributed by atoms with E-state index in [1.54, 1.807) is 14.2 Å². The zero-order valence-electron chi connectivity index (χ0n) is 9.99. The summed E-state index contributed by atoms with van der Waals surface area (Å²) in [7, 11) is 3.25. The van der Waals surface area contributed by atoms with Gasteiger partial charge in [-0.05, 0) is 41.9 Å². The molecule has 0 aromatic carbocycles. The van der Waals surface area contributed by atoms with Crippen LogP contribution in [0.1, 0.15) is 25.6 Å². The third-order valence-electron chi connectivity index (χ3n) is 2.41. The van der Waals surface area contributed by atoms with Gasteiger partial charge in [-0.15, -0.1) is 0 Å². The first kappa shape index (κ1) is 13.7. The highest BCUT2D eigenvalue weighted by atomic mass is 79.9. The van der Waals surface area contributed by atoms with Gasteiger partial charge in [0.1, 0.15) is 5.76 Å². The molecular formula is C11H18BrNO3. The zero-order chi connectivity index (χ0) is 12.1. The van der Waals surface area contributed by atoms with Crippen molar-refractivity contribution in [2.45, 2.75) is 32.2 Å². The van der Waals surface area contributed by atoms with Gasteiger partial charge in [0.05, 0.1) is 12.1 Å². The molecule has 0 aliphatic heterocycles. The van der Waals surface area contributed by atoms with Crippen molar-refractivity contribution in [3.8, 4) is 0 Å². The van der Waals surface area contributed by atoms with E-state index in [4.69, 9.17) is 13.9 Å². The quantitative estimate of drug-likeness (QED) is 0.819. The van der Waals surface area contributed by atoms with E-state index in [0.717, 1.165) is 10.4 Å². The van der Waals surface area contributed by atoms with Crippen LogP contribution in [-0.4, -0.2) is 26.6 Å². The molecule has 1 N–H and O–H groups in total. The van der Waals surface area contributed by atoms with Gasteiger partial charge < -0.3 is 19.2 Å². The van der Waals surface area contributed by atoms with Crippen LogP contribution in [0, 0.1) is 0 Å². The number of furan rings is 1. The molecule has 92 valence electrons. The van der Waals surface area contributed by atoms with Gasteiger partial charge in [-0.3, -0.25) is 0 Å². The van der Waals surface area contributed by atoms with Crippen LogP contribution >= 0.6 is 15.9 Å². The summed E-state index contributed by atoms with van der Waals surface area (Å²) < 4.78 is 16.6. The molecule has 5 heteroatoms. The maximum Gasteiger partial charge on any atom is 0.171 e. The number of ether oxygens (including phenoxy) is 2. The maximum atomic E-state index is 5.47. The van der Waals surface area contributed by atoms with Gasteiger partial charge in [0.25, 0.3) is 0 Å². The summed E-state index contributed by atoms with van der Waals surface area (Å²) in [6.07, 6.45) is -0.263. The summed E-state index contributed by atoms with van der Waals surface area (Å²) >= 11 is 3.28. The lowest BCUT2D eigenvalue weighted by Gasteiger charge is -2.24. The van der Waals surface area contributed by atoms with Crippen molar-refractivity contribution in [3.05, 3.63) is 22.6 Å². The summed E-state index contributed by atoms with van der Waals surface area (Å²) in [5.74, 6) is 0.879. The first-order valence-electron chi connectivity index (χ1n) is 5.15. The number of hydrogen-bond acceptors (Lipinski definition) is 4. The van der Waals surface area contributed by atoms with Gasteiger partial charge >= 0.3 is 0 Å². The van der Waals surface area contributed by atoms with E-state index in [2.05, 4.69) is 21.2 Å². The van der Waals surface area contributed by atoms with Gasteiger partial charge in [-0.2, -0.15) is 0 Å². The Bertz CT molecular complexity index is 312. The molecule has 0 bridgehead atoms. The molecule has 0 radical (unpaired) electrons. The Kier molecular flexibility index (Phi) is 5.48. The standard InChI is InChI=1S/C11H18BrNO3/c1-7(9-5-6-10(12)16-9)13-8(2)11(14-3)15-4/h5-8,11,13H,1-4H3. The van der Waals surface area contributed by atoms with Crippen molar-refractivity contribution in [1.29, 1.82) is 0 Å². The zero-order valence-corrected chi connectivity index (χ0v) is 11.6. The number of rotatable bonds is 6. The second-order valence-electron chi connectivity index (χ2n) is 3.66. The average Bonchev–Trinajstić information content (AvgIpc) is 2.66.